The molecule has 1 aromatic carbocycles. The van der Waals surface area contributed by atoms with Gasteiger partial charge in [-0.3, -0.25) is 18.5 Å². The molecule has 0 radical (unpaired) electrons. The predicted molar refractivity (Wildman–Crippen MR) is 124 cm³/mol. The van der Waals surface area contributed by atoms with E-state index in [-0.39, 0.29) is 24.0 Å². The van der Waals surface area contributed by atoms with E-state index < -0.39 is 7.60 Å². The highest BCUT2D eigenvalue weighted by molar-refractivity contribution is 7.53. The lowest BCUT2D eigenvalue weighted by molar-refractivity contribution is 0.219. The highest BCUT2D eigenvalue weighted by Gasteiger charge is 2.23. The number of aromatic nitrogens is 4. The maximum absolute atomic E-state index is 13.3. The van der Waals surface area contributed by atoms with Crippen molar-refractivity contribution in [2.24, 2.45) is 0 Å². The van der Waals surface area contributed by atoms with Gasteiger partial charge < -0.3 is 13.6 Å². The molecule has 2 heterocycles. The Morgan fingerprint density at radius 2 is 1.66 bits per heavy atom. The topological polar surface area (TPSA) is 97.4 Å². The van der Waals surface area contributed by atoms with Crippen LogP contribution < -0.4 is 11.2 Å². The number of unbranched alkanes of at least 4 members (excludes halogenated alkanes) is 1. The average molecular weight is 462 g/mol. The smallest absolute Gasteiger partial charge is 0.320 e. The third kappa shape index (κ3) is 5.28. The fraction of sp³-hybridized carbons (Fsp3) is 0.500. The second-order valence-corrected chi connectivity index (χ2v) is 9.58. The zero-order valence-corrected chi connectivity index (χ0v) is 19.8. The van der Waals surface area contributed by atoms with Gasteiger partial charge >= 0.3 is 13.3 Å². The first-order valence-electron chi connectivity index (χ1n) is 11.0. The third-order valence-corrected chi connectivity index (χ3v) is 7.38. The van der Waals surface area contributed by atoms with Crippen LogP contribution in [0.3, 0.4) is 0 Å². The molecule has 0 spiro atoms. The van der Waals surface area contributed by atoms with Crippen molar-refractivity contribution in [3.05, 3.63) is 63.1 Å². The Morgan fingerprint density at radius 3 is 2.28 bits per heavy atom. The standard InChI is InChI=1S/C22H31N4O5P/c1-4-25-20-19(24(17-23-20)16-18-12-8-7-9-13-18)21(27)26(22(25)28)14-10-11-15-32(29,30-5-2)31-6-3/h7-9,12-13,17H,4-6,10-11,14-16H2,1-3H3. The average Bonchev–Trinajstić information content (AvgIpc) is 3.18. The van der Waals surface area contributed by atoms with Crippen LogP contribution in [-0.4, -0.2) is 38.1 Å². The molecule has 0 saturated carbocycles. The summed E-state index contributed by atoms with van der Waals surface area (Å²) < 4.78 is 27.8. The van der Waals surface area contributed by atoms with Gasteiger partial charge in [0.15, 0.2) is 11.2 Å². The minimum Gasteiger partial charge on any atom is -0.320 e. The Morgan fingerprint density at radius 1 is 0.969 bits per heavy atom. The lowest BCUT2D eigenvalue weighted by Crippen LogP contribution is -2.40. The van der Waals surface area contributed by atoms with Gasteiger partial charge in [-0.05, 0) is 39.2 Å². The highest BCUT2D eigenvalue weighted by Crippen LogP contribution is 2.48. The van der Waals surface area contributed by atoms with Gasteiger partial charge in [0.2, 0.25) is 0 Å². The van der Waals surface area contributed by atoms with Crippen LogP contribution in [0.15, 0.2) is 46.2 Å². The van der Waals surface area contributed by atoms with Crippen molar-refractivity contribution in [1.82, 2.24) is 18.7 Å². The Kier molecular flexibility index (Phi) is 8.23. The number of fused-ring (bicyclic) bond motifs is 1. The van der Waals surface area contributed by atoms with Crippen LogP contribution in [0.2, 0.25) is 0 Å². The third-order valence-electron chi connectivity index (χ3n) is 5.21. The van der Waals surface area contributed by atoms with Gasteiger partial charge in [0.05, 0.1) is 25.7 Å². The molecule has 3 rings (SSSR count). The summed E-state index contributed by atoms with van der Waals surface area (Å²) in [6.07, 6.45) is 2.87. The predicted octanol–water partition coefficient (Wildman–Crippen LogP) is 3.47. The molecule has 0 fully saturated rings. The van der Waals surface area contributed by atoms with Gasteiger partial charge in [-0.1, -0.05) is 30.3 Å². The number of benzene rings is 1. The number of hydrogen-bond acceptors (Lipinski definition) is 6. The van der Waals surface area contributed by atoms with E-state index in [4.69, 9.17) is 9.05 Å². The first-order chi connectivity index (χ1) is 15.4. The molecule has 9 nitrogen and oxygen atoms in total. The van der Waals surface area contributed by atoms with Crippen molar-refractivity contribution in [3.8, 4) is 0 Å². The monoisotopic (exact) mass is 462 g/mol. The molecule has 0 atom stereocenters. The quantitative estimate of drug-likeness (QED) is 0.302. The van der Waals surface area contributed by atoms with E-state index >= 15 is 0 Å². The number of nitrogens with zero attached hydrogens (tertiary/aromatic N) is 4. The van der Waals surface area contributed by atoms with Crippen LogP contribution in [0, 0.1) is 0 Å². The normalized spacial score (nSPS) is 12.0. The van der Waals surface area contributed by atoms with Crippen molar-refractivity contribution < 1.29 is 13.6 Å². The number of aryl methyl sites for hydroxylation is 1. The van der Waals surface area contributed by atoms with Crippen LogP contribution in [0.1, 0.15) is 39.2 Å². The lowest BCUT2D eigenvalue weighted by Gasteiger charge is -2.17. The number of hydrogen-bond donors (Lipinski definition) is 0. The van der Waals surface area contributed by atoms with Crippen LogP contribution in [0.25, 0.3) is 11.2 Å². The molecule has 3 aromatic rings. The molecular formula is C22H31N4O5P. The summed E-state index contributed by atoms with van der Waals surface area (Å²) in [5.41, 5.74) is 1.10. The van der Waals surface area contributed by atoms with Crippen molar-refractivity contribution in [2.75, 3.05) is 19.4 Å². The molecule has 0 amide bonds. The number of rotatable bonds is 12. The summed E-state index contributed by atoms with van der Waals surface area (Å²) in [7, 11) is -3.14. The molecule has 0 bridgehead atoms. The molecule has 0 aliphatic heterocycles. The van der Waals surface area contributed by atoms with Crippen LogP contribution in [0.5, 0.6) is 0 Å². The van der Waals surface area contributed by atoms with Crippen molar-refractivity contribution >= 4 is 18.8 Å². The van der Waals surface area contributed by atoms with Gasteiger partial charge in [-0.2, -0.15) is 0 Å². The van der Waals surface area contributed by atoms with Gasteiger partial charge in [-0.15, -0.1) is 0 Å². The number of imidazole rings is 1. The SMILES string of the molecule is CCOP(=O)(CCCCn1c(=O)c2c(ncn2Cc2ccccc2)n(CC)c1=O)OCC. The lowest BCUT2D eigenvalue weighted by atomic mass is 10.2. The molecule has 0 saturated heterocycles. The van der Waals surface area contributed by atoms with Crippen LogP contribution >= 0.6 is 7.60 Å². The fourth-order valence-electron chi connectivity index (χ4n) is 3.76. The molecule has 0 aliphatic carbocycles. The van der Waals surface area contributed by atoms with Gasteiger partial charge in [0.25, 0.3) is 5.56 Å². The first kappa shape index (κ1) is 24.2. The Bertz CT molecular complexity index is 1190. The summed E-state index contributed by atoms with van der Waals surface area (Å²) >= 11 is 0. The van der Waals surface area contributed by atoms with Crippen molar-refractivity contribution in [3.63, 3.8) is 0 Å². The van der Waals surface area contributed by atoms with E-state index in [9.17, 15) is 14.2 Å². The summed E-state index contributed by atoms with van der Waals surface area (Å²) in [5, 5.41) is 0. The molecule has 174 valence electrons. The zero-order chi connectivity index (χ0) is 23.1. The fourth-order valence-corrected chi connectivity index (χ4v) is 5.49. The van der Waals surface area contributed by atoms with E-state index in [1.807, 2.05) is 37.3 Å². The largest absolute Gasteiger partial charge is 0.332 e. The van der Waals surface area contributed by atoms with Gasteiger partial charge in [0, 0.05) is 19.6 Å². The highest BCUT2D eigenvalue weighted by atomic mass is 31.2. The molecule has 0 aliphatic rings. The van der Waals surface area contributed by atoms with Crippen molar-refractivity contribution in [1.29, 1.82) is 0 Å². The second-order valence-electron chi connectivity index (χ2n) is 7.39. The molecule has 0 N–H and O–H groups in total. The first-order valence-corrected chi connectivity index (χ1v) is 12.8. The maximum atomic E-state index is 13.3. The second kappa shape index (κ2) is 10.9. The summed E-state index contributed by atoms with van der Waals surface area (Å²) in [6.45, 7) is 7.12. The van der Waals surface area contributed by atoms with E-state index in [1.165, 1.54) is 9.13 Å². The summed E-state index contributed by atoms with van der Waals surface area (Å²) in [5.74, 6) is 0. The molecule has 0 unspecified atom stereocenters. The molecular weight excluding hydrogens is 431 g/mol. The molecule has 10 heteroatoms. The summed E-state index contributed by atoms with van der Waals surface area (Å²) in [6, 6.07) is 9.79. The maximum Gasteiger partial charge on any atom is 0.332 e. The zero-order valence-electron chi connectivity index (χ0n) is 18.9. The van der Waals surface area contributed by atoms with Gasteiger partial charge in [0.1, 0.15) is 0 Å². The Labute approximate surface area is 187 Å². The minimum absolute atomic E-state index is 0.225. The molecule has 32 heavy (non-hydrogen) atoms. The van der Waals surface area contributed by atoms with E-state index in [0.717, 1.165) is 5.56 Å². The molecule has 2 aromatic heterocycles. The van der Waals surface area contributed by atoms with Gasteiger partial charge in [-0.25, -0.2) is 9.78 Å². The van der Waals surface area contributed by atoms with E-state index in [0.29, 0.717) is 50.3 Å². The van der Waals surface area contributed by atoms with Crippen LogP contribution in [-0.2, 0) is 33.2 Å². The van der Waals surface area contributed by atoms with Crippen LogP contribution in [0.4, 0.5) is 0 Å². The summed E-state index contributed by atoms with van der Waals surface area (Å²) in [4.78, 5) is 30.6. The van der Waals surface area contributed by atoms with E-state index in [2.05, 4.69) is 4.98 Å². The van der Waals surface area contributed by atoms with E-state index in [1.54, 1.807) is 24.7 Å². The van der Waals surface area contributed by atoms with Crippen molar-refractivity contribution in [2.45, 2.75) is 53.2 Å². The minimum atomic E-state index is -3.14. The Balaban J connectivity index is 1.87. The Hall–Kier alpha value is -2.48.